The van der Waals surface area contributed by atoms with Crippen LogP contribution in [0.1, 0.15) is 11.1 Å². The zero-order chi connectivity index (χ0) is 13.1. The van der Waals surface area contributed by atoms with Crippen LogP contribution < -0.4 is 4.74 Å². The summed E-state index contributed by atoms with van der Waals surface area (Å²) in [7, 11) is 3.37. The highest BCUT2D eigenvalue weighted by molar-refractivity contribution is 5.76. The predicted molar refractivity (Wildman–Crippen MR) is 66.1 cm³/mol. The van der Waals surface area contributed by atoms with Crippen LogP contribution in [0.25, 0.3) is 0 Å². The summed E-state index contributed by atoms with van der Waals surface area (Å²) in [5.41, 5.74) is 1.44. The van der Waals surface area contributed by atoms with Crippen molar-refractivity contribution in [2.45, 2.75) is 6.54 Å². The molecule has 18 heavy (non-hydrogen) atoms. The lowest BCUT2D eigenvalue weighted by molar-refractivity contribution is 0.196. The Morgan fingerprint density at radius 1 is 1.44 bits per heavy atom. The van der Waals surface area contributed by atoms with Crippen LogP contribution in [-0.2, 0) is 6.54 Å². The van der Waals surface area contributed by atoms with E-state index in [1.807, 2.05) is 0 Å². The Hall–Kier alpha value is -2.22. The van der Waals surface area contributed by atoms with Gasteiger partial charge in [0.1, 0.15) is 5.75 Å². The van der Waals surface area contributed by atoms with Gasteiger partial charge in [0.2, 0.25) is 0 Å². The number of carbonyl (C=O) groups excluding carboxylic acids is 1. The molecular formula is C13H15N3O2. The first-order valence-electron chi connectivity index (χ1n) is 5.72. The van der Waals surface area contributed by atoms with Crippen molar-refractivity contribution in [1.29, 1.82) is 5.26 Å². The van der Waals surface area contributed by atoms with Gasteiger partial charge in [-0.25, -0.2) is 4.79 Å². The van der Waals surface area contributed by atoms with Crippen LogP contribution in [0.2, 0.25) is 0 Å². The minimum atomic E-state index is 0.0133. The molecule has 0 radical (unpaired) electrons. The Morgan fingerprint density at radius 3 is 2.78 bits per heavy atom. The van der Waals surface area contributed by atoms with Crippen LogP contribution in [0, 0.1) is 11.3 Å². The highest BCUT2D eigenvalue weighted by atomic mass is 16.5. The average molecular weight is 245 g/mol. The zero-order valence-electron chi connectivity index (χ0n) is 10.5. The van der Waals surface area contributed by atoms with Gasteiger partial charge < -0.3 is 14.5 Å². The second-order valence-corrected chi connectivity index (χ2v) is 4.26. The summed E-state index contributed by atoms with van der Waals surface area (Å²) in [5, 5.41) is 8.90. The standard InChI is InChI=1S/C13H15N3O2/c1-15-5-6-16(13(15)17)9-11-7-10(8-14)3-4-12(11)18-2/h3-4,7H,5-6,9H2,1-2H3. The van der Waals surface area contributed by atoms with Gasteiger partial charge in [0.05, 0.1) is 25.3 Å². The van der Waals surface area contributed by atoms with E-state index in [4.69, 9.17) is 10.00 Å². The number of amides is 2. The number of hydrogen-bond donors (Lipinski definition) is 0. The van der Waals surface area contributed by atoms with Gasteiger partial charge >= 0.3 is 6.03 Å². The van der Waals surface area contributed by atoms with E-state index < -0.39 is 0 Å². The van der Waals surface area contributed by atoms with Crippen molar-refractivity contribution in [2.75, 3.05) is 27.2 Å². The van der Waals surface area contributed by atoms with Gasteiger partial charge in [-0.2, -0.15) is 5.26 Å². The molecule has 94 valence electrons. The summed E-state index contributed by atoms with van der Waals surface area (Å²) in [6.45, 7) is 1.91. The van der Waals surface area contributed by atoms with E-state index in [1.165, 1.54) is 0 Å². The van der Waals surface area contributed by atoms with Gasteiger partial charge in [-0.1, -0.05) is 0 Å². The van der Waals surface area contributed by atoms with E-state index >= 15 is 0 Å². The van der Waals surface area contributed by atoms with Crippen LogP contribution in [0.5, 0.6) is 5.75 Å². The number of benzene rings is 1. The molecule has 1 saturated heterocycles. The van der Waals surface area contributed by atoms with Crippen LogP contribution in [0.4, 0.5) is 4.79 Å². The Kier molecular flexibility index (Phi) is 3.38. The van der Waals surface area contributed by atoms with Gasteiger partial charge in [0.25, 0.3) is 0 Å². The molecule has 0 N–H and O–H groups in total. The Morgan fingerprint density at radius 2 is 2.22 bits per heavy atom. The van der Waals surface area contributed by atoms with Crippen molar-refractivity contribution in [3.05, 3.63) is 29.3 Å². The third kappa shape index (κ3) is 2.23. The molecule has 1 aromatic carbocycles. The smallest absolute Gasteiger partial charge is 0.320 e. The summed E-state index contributed by atoms with van der Waals surface area (Å²) in [5.74, 6) is 0.705. The lowest BCUT2D eigenvalue weighted by Gasteiger charge is -2.17. The molecule has 5 nitrogen and oxygen atoms in total. The molecule has 2 amide bonds. The first-order chi connectivity index (χ1) is 8.65. The van der Waals surface area contributed by atoms with Crippen molar-refractivity contribution in [2.24, 2.45) is 0 Å². The lowest BCUT2D eigenvalue weighted by Crippen LogP contribution is -2.29. The maximum absolute atomic E-state index is 11.8. The van der Waals surface area contributed by atoms with Gasteiger partial charge in [-0.3, -0.25) is 0 Å². The topological polar surface area (TPSA) is 56.6 Å². The molecule has 0 spiro atoms. The van der Waals surface area contributed by atoms with E-state index in [-0.39, 0.29) is 6.03 Å². The molecule has 1 aromatic rings. The maximum atomic E-state index is 11.8. The number of methoxy groups -OCH3 is 1. The Bertz CT molecular complexity index is 507. The van der Waals surface area contributed by atoms with Gasteiger partial charge in [0.15, 0.2) is 0 Å². The highest BCUT2D eigenvalue weighted by Gasteiger charge is 2.25. The van der Waals surface area contributed by atoms with E-state index in [9.17, 15) is 4.79 Å². The highest BCUT2D eigenvalue weighted by Crippen LogP contribution is 2.22. The molecule has 5 heteroatoms. The number of carbonyl (C=O) groups is 1. The Labute approximate surface area is 106 Å². The predicted octanol–water partition coefficient (Wildman–Crippen LogP) is 1.43. The van der Waals surface area contributed by atoms with E-state index in [0.717, 1.165) is 12.1 Å². The quantitative estimate of drug-likeness (QED) is 0.809. The van der Waals surface area contributed by atoms with Gasteiger partial charge in [0, 0.05) is 25.7 Å². The molecule has 0 saturated carbocycles. The van der Waals surface area contributed by atoms with Crippen LogP contribution in [0.15, 0.2) is 18.2 Å². The number of hydrogen-bond acceptors (Lipinski definition) is 3. The number of rotatable bonds is 3. The lowest BCUT2D eigenvalue weighted by atomic mass is 10.1. The monoisotopic (exact) mass is 245 g/mol. The number of likely N-dealkylation sites (N-methyl/N-ethyl adjacent to an activating group) is 1. The summed E-state index contributed by atoms with van der Waals surface area (Å²) < 4.78 is 5.26. The number of urea groups is 1. The van der Waals surface area contributed by atoms with Gasteiger partial charge in [-0.05, 0) is 18.2 Å². The first kappa shape index (κ1) is 12.2. The van der Waals surface area contributed by atoms with Gasteiger partial charge in [-0.15, -0.1) is 0 Å². The molecule has 2 rings (SSSR count). The summed E-state index contributed by atoms with van der Waals surface area (Å²) >= 11 is 0. The molecule has 0 aliphatic carbocycles. The second kappa shape index (κ2) is 4.96. The van der Waals surface area contributed by atoms with Crippen molar-refractivity contribution >= 4 is 6.03 Å². The first-order valence-corrected chi connectivity index (χ1v) is 5.72. The minimum absolute atomic E-state index is 0.0133. The van der Waals surface area contributed by atoms with E-state index in [0.29, 0.717) is 24.4 Å². The fourth-order valence-corrected chi connectivity index (χ4v) is 2.03. The fraction of sp³-hybridized carbons (Fsp3) is 0.385. The van der Waals surface area contributed by atoms with Crippen molar-refractivity contribution in [3.63, 3.8) is 0 Å². The third-order valence-electron chi connectivity index (χ3n) is 3.07. The molecule has 0 atom stereocenters. The minimum Gasteiger partial charge on any atom is -0.496 e. The summed E-state index contributed by atoms with van der Waals surface area (Å²) in [6.07, 6.45) is 0. The fourth-order valence-electron chi connectivity index (χ4n) is 2.03. The Balaban J connectivity index is 2.23. The van der Waals surface area contributed by atoms with Crippen molar-refractivity contribution in [3.8, 4) is 11.8 Å². The zero-order valence-corrected chi connectivity index (χ0v) is 10.5. The molecular weight excluding hydrogens is 230 g/mol. The largest absolute Gasteiger partial charge is 0.496 e. The van der Waals surface area contributed by atoms with E-state index in [2.05, 4.69) is 6.07 Å². The average Bonchev–Trinajstić information content (AvgIpc) is 2.70. The molecule has 1 fully saturated rings. The van der Waals surface area contributed by atoms with Crippen LogP contribution in [-0.4, -0.2) is 43.1 Å². The molecule has 1 aliphatic heterocycles. The third-order valence-corrected chi connectivity index (χ3v) is 3.07. The summed E-state index contributed by atoms with van der Waals surface area (Å²) in [4.78, 5) is 15.2. The number of ether oxygens (including phenoxy) is 1. The molecule has 1 aliphatic rings. The number of nitrogens with zero attached hydrogens (tertiary/aromatic N) is 3. The van der Waals surface area contributed by atoms with Crippen LogP contribution in [0.3, 0.4) is 0 Å². The molecule has 1 heterocycles. The SMILES string of the molecule is COc1ccc(C#N)cc1CN1CCN(C)C1=O. The van der Waals surface area contributed by atoms with Crippen LogP contribution >= 0.6 is 0 Å². The number of nitriles is 1. The van der Waals surface area contributed by atoms with E-state index in [1.54, 1.807) is 42.2 Å². The normalized spacial score (nSPS) is 14.8. The molecule has 0 aromatic heterocycles. The molecule has 0 bridgehead atoms. The summed E-state index contributed by atoms with van der Waals surface area (Å²) in [6, 6.07) is 7.35. The second-order valence-electron chi connectivity index (χ2n) is 4.26. The van der Waals surface area contributed by atoms with Crippen molar-refractivity contribution < 1.29 is 9.53 Å². The molecule has 0 unspecified atom stereocenters. The van der Waals surface area contributed by atoms with Crippen molar-refractivity contribution in [1.82, 2.24) is 9.80 Å². The maximum Gasteiger partial charge on any atom is 0.320 e.